The molecule has 0 aromatic heterocycles. The topological polar surface area (TPSA) is 9.23 Å². The fourth-order valence-electron chi connectivity index (χ4n) is 3.89. The first-order valence-electron chi connectivity index (χ1n) is 9.29. The largest absolute Gasteiger partial charge is 2.00 e. The zero-order valence-electron chi connectivity index (χ0n) is 16.8. The van der Waals surface area contributed by atoms with Gasteiger partial charge in [0.05, 0.1) is 6.10 Å². The second-order valence-corrected chi connectivity index (χ2v) is 12.4. The minimum Gasteiger partial charge on any atom is -1.00 e. The van der Waals surface area contributed by atoms with E-state index in [1.54, 1.807) is 5.57 Å². The number of benzene rings is 1. The van der Waals surface area contributed by atoms with Crippen LogP contribution in [0.4, 0.5) is 0 Å². The van der Waals surface area contributed by atoms with Crippen molar-refractivity contribution < 1.29 is 55.4 Å². The van der Waals surface area contributed by atoms with Gasteiger partial charge in [0.1, 0.15) is 0 Å². The van der Waals surface area contributed by atoms with E-state index in [0.29, 0.717) is 5.92 Å². The van der Waals surface area contributed by atoms with Crippen molar-refractivity contribution in [3.05, 3.63) is 65.3 Å². The summed E-state index contributed by atoms with van der Waals surface area (Å²) in [6, 6.07) is 8.83. The molecular formula is C22H30Cl2OSiZr. The molecule has 2 aliphatic rings. The van der Waals surface area contributed by atoms with Gasteiger partial charge in [-0.3, -0.25) is 0 Å². The van der Waals surface area contributed by atoms with E-state index in [-0.39, 0.29) is 57.1 Å². The summed E-state index contributed by atoms with van der Waals surface area (Å²) in [6.45, 7) is 9.22. The second-order valence-electron chi connectivity index (χ2n) is 7.95. The number of allylic oxidation sites excluding steroid dienone is 5. The van der Waals surface area contributed by atoms with E-state index >= 15 is 0 Å². The van der Waals surface area contributed by atoms with Gasteiger partial charge in [-0.1, -0.05) is 61.1 Å². The number of fused-ring (bicyclic) bond motifs is 1. The Hall–Kier alpha value is 0.0800. The van der Waals surface area contributed by atoms with E-state index in [2.05, 4.69) is 75.1 Å². The average molecular weight is 501 g/mol. The van der Waals surface area contributed by atoms with E-state index in [4.69, 9.17) is 4.43 Å². The van der Waals surface area contributed by atoms with Gasteiger partial charge in [-0.25, -0.2) is 0 Å². The van der Waals surface area contributed by atoms with Crippen LogP contribution >= 0.6 is 0 Å². The van der Waals surface area contributed by atoms with E-state index in [0.717, 1.165) is 19.3 Å². The zero-order chi connectivity index (χ0) is 17.2. The molecule has 0 fully saturated rings. The minimum absolute atomic E-state index is 0. The van der Waals surface area contributed by atoms with E-state index in [1.807, 2.05) is 0 Å². The van der Waals surface area contributed by atoms with Crippen molar-refractivity contribution in [3.63, 3.8) is 0 Å². The van der Waals surface area contributed by atoms with Crippen LogP contribution in [0.5, 0.6) is 0 Å². The normalized spacial score (nSPS) is 16.9. The molecule has 0 saturated heterocycles. The monoisotopic (exact) mass is 498 g/mol. The molecule has 0 spiro atoms. The van der Waals surface area contributed by atoms with Crippen molar-refractivity contribution in [2.75, 3.05) is 0 Å². The van der Waals surface area contributed by atoms with Crippen LogP contribution < -0.4 is 24.8 Å². The first-order valence-corrected chi connectivity index (χ1v) is 12.7. The van der Waals surface area contributed by atoms with Crippen molar-refractivity contribution in [3.8, 4) is 0 Å². The summed E-state index contributed by atoms with van der Waals surface area (Å²) in [5.41, 5.74) is 5.87. The predicted octanol–water partition coefficient (Wildman–Crippen LogP) is 0.154. The van der Waals surface area contributed by atoms with Crippen molar-refractivity contribution in [1.29, 1.82) is 0 Å². The number of hydrogen-bond acceptors (Lipinski definition) is 1. The SMILES string of the molecule is CCC(CC(O[Si](C)(C)C)C1=CCc2ccccc21)C1=CC=CC1.[Cl-].[Cl-].[Zr+2]. The summed E-state index contributed by atoms with van der Waals surface area (Å²) >= 11 is 0. The molecule has 0 radical (unpaired) electrons. The van der Waals surface area contributed by atoms with Crippen molar-refractivity contribution in [2.24, 2.45) is 5.92 Å². The summed E-state index contributed by atoms with van der Waals surface area (Å²) in [6.07, 6.45) is 13.9. The fraction of sp³-hybridized carbons (Fsp3) is 0.455. The van der Waals surface area contributed by atoms with Gasteiger partial charge in [-0.15, -0.1) is 0 Å². The molecule has 3 rings (SSSR count). The maximum absolute atomic E-state index is 6.69. The van der Waals surface area contributed by atoms with Gasteiger partial charge < -0.3 is 29.2 Å². The van der Waals surface area contributed by atoms with Gasteiger partial charge in [0.15, 0.2) is 8.32 Å². The first-order chi connectivity index (χ1) is 11.5. The Morgan fingerprint density at radius 3 is 2.37 bits per heavy atom. The summed E-state index contributed by atoms with van der Waals surface area (Å²) in [4.78, 5) is 0. The summed E-state index contributed by atoms with van der Waals surface area (Å²) in [5, 5.41) is 0. The molecule has 0 bridgehead atoms. The molecule has 5 heteroatoms. The minimum atomic E-state index is -1.60. The molecule has 2 atom stereocenters. The Morgan fingerprint density at radius 2 is 1.78 bits per heavy atom. The first kappa shape index (κ1) is 27.1. The van der Waals surface area contributed by atoms with Gasteiger partial charge >= 0.3 is 26.2 Å². The number of rotatable bonds is 7. The van der Waals surface area contributed by atoms with Gasteiger partial charge in [0, 0.05) is 0 Å². The second kappa shape index (κ2) is 11.9. The molecular weight excluding hydrogens is 470 g/mol. The molecule has 27 heavy (non-hydrogen) atoms. The predicted molar refractivity (Wildman–Crippen MR) is 107 cm³/mol. The van der Waals surface area contributed by atoms with Gasteiger partial charge in [-0.05, 0) is 67.9 Å². The third-order valence-electron chi connectivity index (χ3n) is 5.03. The summed E-state index contributed by atoms with van der Waals surface area (Å²) in [5.74, 6) is 0.620. The molecule has 0 amide bonds. The summed E-state index contributed by atoms with van der Waals surface area (Å²) < 4.78 is 6.69. The molecule has 2 unspecified atom stereocenters. The fourth-order valence-corrected chi connectivity index (χ4v) is 4.96. The van der Waals surface area contributed by atoms with Crippen LogP contribution in [-0.2, 0) is 37.1 Å². The Labute approximate surface area is 197 Å². The smallest absolute Gasteiger partial charge is 1.00 e. The zero-order valence-corrected chi connectivity index (χ0v) is 21.7. The molecule has 0 N–H and O–H groups in total. The maximum Gasteiger partial charge on any atom is 2.00 e. The van der Waals surface area contributed by atoms with Crippen molar-refractivity contribution in [2.45, 2.75) is 58.4 Å². The van der Waals surface area contributed by atoms with E-state index in [1.165, 1.54) is 23.1 Å². The Morgan fingerprint density at radius 1 is 1.07 bits per heavy atom. The van der Waals surface area contributed by atoms with Crippen molar-refractivity contribution >= 4 is 13.9 Å². The summed E-state index contributed by atoms with van der Waals surface area (Å²) in [7, 11) is -1.60. The van der Waals surface area contributed by atoms with Crippen LogP contribution in [0.25, 0.3) is 5.57 Å². The van der Waals surface area contributed by atoms with Gasteiger partial charge in [0.25, 0.3) is 0 Å². The third-order valence-corrected chi connectivity index (χ3v) is 6.02. The van der Waals surface area contributed by atoms with E-state index < -0.39 is 8.32 Å². The maximum atomic E-state index is 6.69. The quantitative estimate of drug-likeness (QED) is 0.485. The Balaban J connectivity index is 0.00000225. The molecule has 0 aliphatic heterocycles. The standard InChI is InChI=1S/C22H30OSi.2ClH.Zr/c1-5-17(18-10-6-7-11-18)16-22(23-24(2,3)4)21-15-14-19-12-8-9-13-20(19)21;;;/h6-10,12-13,15,17,22H,5,11,14,16H2,1-4H3;2*1H;/q;;;+2/p-2. The van der Waals surface area contributed by atoms with Crippen molar-refractivity contribution in [1.82, 2.24) is 0 Å². The molecule has 1 nitrogen and oxygen atoms in total. The molecule has 1 aromatic rings. The van der Waals surface area contributed by atoms with Gasteiger partial charge in [-0.2, -0.15) is 0 Å². The average Bonchev–Trinajstić information content (AvgIpc) is 3.19. The van der Waals surface area contributed by atoms with Crippen LogP contribution in [0.3, 0.4) is 0 Å². The Bertz CT molecular complexity index is 692. The van der Waals surface area contributed by atoms with Crippen LogP contribution in [0.1, 0.15) is 37.3 Å². The molecule has 0 saturated carbocycles. The van der Waals surface area contributed by atoms with Crippen LogP contribution in [-0.4, -0.2) is 14.4 Å². The van der Waals surface area contributed by atoms with Crippen LogP contribution in [0.15, 0.2) is 54.1 Å². The van der Waals surface area contributed by atoms with Gasteiger partial charge in [0.2, 0.25) is 0 Å². The van der Waals surface area contributed by atoms with Crippen LogP contribution in [0, 0.1) is 5.92 Å². The number of halogens is 2. The van der Waals surface area contributed by atoms with Crippen LogP contribution in [0.2, 0.25) is 19.6 Å². The molecule has 1 aromatic carbocycles. The third kappa shape index (κ3) is 7.12. The molecule has 146 valence electrons. The molecule has 0 heterocycles. The Kier molecular flexibility index (Phi) is 12.0. The number of hydrogen-bond donors (Lipinski definition) is 0. The molecule has 2 aliphatic carbocycles. The van der Waals surface area contributed by atoms with E-state index in [9.17, 15) is 0 Å².